The monoisotopic (exact) mass is 371 g/mol. The van der Waals surface area contributed by atoms with Gasteiger partial charge in [-0.1, -0.05) is 33.6 Å². The highest BCUT2D eigenvalue weighted by Crippen LogP contribution is 2.44. The van der Waals surface area contributed by atoms with E-state index < -0.39 is 5.91 Å². The molecule has 1 amide bonds. The normalized spacial score (nSPS) is 14.8. The Hall–Kier alpha value is -1.94. The topological polar surface area (TPSA) is 43.1 Å². The van der Waals surface area contributed by atoms with Gasteiger partial charge in [0.1, 0.15) is 5.82 Å². The first-order valence-electron chi connectivity index (χ1n) is 7.60. The maximum absolute atomic E-state index is 14.2. The van der Waals surface area contributed by atoms with E-state index in [4.69, 9.17) is 5.73 Å². The number of nitrogens with two attached hydrogens (primary N) is 1. The summed E-state index contributed by atoms with van der Waals surface area (Å²) in [5, 5.41) is 0. The number of allylic oxidation sites excluding steroid dienone is 1. The molecule has 0 radical (unpaired) electrons. The molecule has 0 atom stereocenters. The van der Waals surface area contributed by atoms with Crippen molar-refractivity contribution in [2.24, 2.45) is 5.73 Å². The number of hydrogen-bond acceptors (Lipinski definition) is 1. The zero-order chi connectivity index (χ0) is 16.3. The fourth-order valence-electron chi connectivity index (χ4n) is 3.73. The van der Waals surface area contributed by atoms with Crippen LogP contribution in [0.2, 0.25) is 0 Å². The van der Waals surface area contributed by atoms with Gasteiger partial charge in [-0.15, -0.1) is 0 Å². The van der Waals surface area contributed by atoms with Gasteiger partial charge in [0.05, 0.1) is 0 Å². The first kappa shape index (κ1) is 14.6. The quantitative estimate of drug-likeness (QED) is 0.834. The minimum Gasteiger partial charge on any atom is -0.366 e. The summed E-state index contributed by atoms with van der Waals surface area (Å²) in [6, 6.07) is 5.14. The number of halogens is 2. The number of benzene rings is 2. The van der Waals surface area contributed by atoms with Crippen molar-refractivity contribution in [2.75, 3.05) is 0 Å². The number of rotatable bonds is 2. The maximum atomic E-state index is 14.2. The molecule has 2 aliphatic rings. The summed E-state index contributed by atoms with van der Waals surface area (Å²) in [6.45, 7) is 2.00. The van der Waals surface area contributed by atoms with E-state index in [9.17, 15) is 9.18 Å². The SMILES string of the molecule is CC1=Cc2c(-c3c(C(N)=O)cc4c(Br)c3CC4)ccc(F)c2C1. The fraction of sp³-hybridized carbons (Fsp3) is 0.211. The summed E-state index contributed by atoms with van der Waals surface area (Å²) in [6.07, 6.45) is 4.40. The van der Waals surface area contributed by atoms with Crippen LogP contribution in [0.25, 0.3) is 17.2 Å². The Morgan fingerprint density at radius 2 is 2.04 bits per heavy atom. The van der Waals surface area contributed by atoms with Gasteiger partial charge < -0.3 is 5.73 Å². The van der Waals surface area contributed by atoms with E-state index in [0.717, 1.165) is 50.7 Å². The second kappa shape index (κ2) is 5.03. The Bertz CT molecular complexity index is 914. The van der Waals surface area contributed by atoms with Gasteiger partial charge in [-0.2, -0.15) is 0 Å². The molecule has 2 aromatic carbocycles. The van der Waals surface area contributed by atoms with Crippen molar-refractivity contribution < 1.29 is 9.18 Å². The number of carbonyl (C=O) groups is 1. The minimum absolute atomic E-state index is 0.190. The fourth-order valence-corrected chi connectivity index (χ4v) is 4.44. The highest BCUT2D eigenvalue weighted by molar-refractivity contribution is 9.10. The average Bonchev–Trinajstić information content (AvgIpc) is 2.98. The van der Waals surface area contributed by atoms with Gasteiger partial charge in [0.2, 0.25) is 5.91 Å². The zero-order valence-electron chi connectivity index (χ0n) is 12.7. The van der Waals surface area contributed by atoms with Crippen molar-refractivity contribution in [3.05, 3.63) is 61.9 Å². The molecule has 0 unspecified atom stereocenters. The van der Waals surface area contributed by atoms with Gasteiger partial charge in [-0.25, -0.2) is 4.39 Å². The summed E-state index contributed by atoms with van der Waals surface area (Å²) in [7, 11) is 0. The third-order valence-electron chi connectivity index (χ3n) is 4.76. The van der Waals surface area contributed by atoms with Crippen LogP contribution in [0.3, 0.4) is 0 Å². The third-order valence-corrected chi connectivity index (χ3v) is 5.75. The predicted octanol–water partition coefficient (Wildman–Crippen LogP) is 4.41. The molecular weight excluding hydrogens is 357 g/mol. The Morgan fingerprint density at radius 1 is 1.26 bits per heavy atom. The number of fused-ring (bicyclic) bond motifs is 3. The summed E-state index contributed by atoms with van der Waals surface area (Å²) >= 11 is 3.64. The number of aryl methyl sites for hydroxylation is 1. The third kappa shape index (κ3) is 2.08. The van der Waals surface area contributed by atoms with Gasteiger partial charge in [0.25, 0.3) is 0 Å². The van der Waals surface area contributed by atoms with Crippen LogP contribution in [-0.4, -0.2) is 5.91 Å². The molecule has 2 bridgehead atoms. The van der Waals surface area contributed by atoms with E-state index in [0.29, 0.717) is 17.5 Å². The molecular formula is C19H15BrFNO. The largest absolute Gasteiger partial charge is 0.366 e. The van der Waals surface area contributed by atoms with Crippen LogP contribution in [0.1, 0.15) is 39.5 Å². The van der Waals surface area contributed by atoms with E-state index in [1.54, 1.807) is 6.07 Å². The van der Waals surface area contributed by atoms with Crippen LogP contribution in [0.15, 0.2) is 28.2 Å². The first-order valence-corrected chi connectivity index (χ1v) is 8.39. The molecule has 2 N–H and O–H groups in total. The van der Waals surface area contributed by atoms with Gasteiger partial charge in [-0.05, 0) is 71.7 Å². The Balaban J connectivity index is 2.07. The molecule has 0 heterocycles. The number of hydrogen-bond donors (Lipinski definition) is 1. The van der Waals surface area contributed by atoms with Gasteiger partial charge >= 0.3 is 0 Å². The lowest BCUT2D eigenvalue weighted by atomic mass is 9.90. The van der Waals surface area contributed by atoms with Crippen molar-refractivity contribution in [1.29, 1.82) is 0 Å². The molecule has 0 saturated heterocycles. The number of carbonyl (C=O) groups excluding carboxylic acids is 1. The van der Waals surface area contributed by atoms with Crippen molar-refractivity contribution in [2.45, 2.75) is 26.2 Å². The van der Waals surface area contributed by atoms with Crippen LogP contribution < -0.4 is 5.73 Å². The van der Waals surface area contributed by atoms with Gasteiger partial charge in [-0.3, -0.25) is 4.79 Å². The second-order valence-electron chi connectivity index (χ2n) is 6.27. The number of primary amides is 1. The summed E-state index contributed by atoms with van der Waals surface area (Å²) in [4.78, 5) is 12.0. The van der Waals surface area contributed by atoms with Crippen molar-refractivity contribution >= 4 is 27.9 Å². The van der Waals surface area contributed by atoms with Crippen LogP contribution in [0.4, 0.5) is 4.39 Å². The molecule has 4 rings (SSSR count). The average molecular weight is 372 g/mol. The van der Waals surface area contributed by atoms with Crippen molar-refractivity contribution in [3.63, 3.8) is 0 Å². The molecule has 2 aliphatic carbocycles. The van der Waals surface area contributed by atoms with Crippen molar-refractivity contribution in [1.82, 2.24) is 0 Å². The van der Waals surface area contributed by atoms with Crippen LogP contribution >= 0.6 is 15.9 Å². The zero-order valence-corrected chi connectivity index (χ0v) is 14.3. The van der Waals surface area contributed by atoms with Gasteiger partial charge in [0.15, 0.2) is 0 Å². The molecule has 2 aromatic rings. The van der Waals surface area contributed by atoms with E-state index >= 15 is 0 Å². The van der Waals surface area contributed by atoms with E-state index in [-0.39, 0.29) is 5.82 Å². The maximum Gasteiger partial charge on any atom is 0.249 e. The molecule has 4 heteroatoms. The highest BCUT2D eigenvalue weighted by Gasteiger charge is 2.28. The summed E-state index contributed by atoms with van der Waals surface area (Å²) in [5.41, 5.74) is 12.8. The highest BCUT2D eigenvalue weighted by atomic mass is 79.9. The summed E-state index contributed by atoms with van der Waals surface area (Å²) < 4.78 is 15.2. The molecule has 0 aliphatic heterocycles. The molecule has 116 valence electrons. The smallest absolute Gasteiger partial charge is 0.249 e. The van der Waals surface area contributed by atoms with Crippen molar-refractivity contribution in [3.8, 4) is 11.1 Å². The minimum atomic E-state index is -0.436. The predicted molar refractivity (Wildman–Crippen MR) is 92.8 cm³/mol. The molecule has 0 fully saturated rings. The lowest BCUT2D eigenvalue weighted by Gasteiger charge is -2.15. The standard InChI is InChI=1S/C19H15BrFNO/c1-9-6-13-11(4-5-16(21)14(13)7-9)17-12-3-2-10(18(12)20)8-15(17)19(22)23/h4-6,8H,2-3,7H2,1H3,(H2,22,23). The van der Waals surface area contributed by atoms with Gasteiger partial charge in [0, 0.05) is 10.0 Å². The Labute approximate surface area is 142 Å². The molecule has 0 aromatic heterocycles. The van der Waals surface area contributed by atoms with E-state index in [1.165, 1.54) is 6.07 Å². The molecule has 0 spiro atoms. The molecule has 23 heavy (non-hydrogen) atoms. The number of amides is 1. The van der Waals surface area contributed by atoms with E-state index in [1.807, 2.05) is 19.1 Å². The first-order chi connectivity index (χ1) is 11.0. The van der Waals surface area contributed by atoms with E-state index in [2.05, 4.69) is 15.9 Å². The Morgan fingerprint density at radius 3 is 2.78 bits per heavy atom. The molecule has 0 saturated carbocycles. The van der Waals surface area contributed by atoms with Crippen LogP contribution in [0, 0.1) is 5.82 Å². The summed E-state index contributed by atoms with van der Waals surface area (Å²) in [5.74, 6) is -0.627. The Kier molecular flexibility index (Phi) is 3.20. The lowest BCUT2D eigenvalue weighted by molar-refractivity contribution is 0.100. The lowest BCUT2D eigenvalue weighted by Crippen LogP contribution is -2.13. The van der Waals surface area contributed by atoms with Crippen LogP contribution in [0.5, 0.6) is 0 Å². The second-order valence-corrected chi connectivity index (χ2v) is 7.06. The van der Waals surface area contributed by atoms with Crippen LogP contribution in [-0.2, 0) is 19.3 Å². The molecule has 2 nitrogen and oxygen atoms in total.